The lowest BCUT2D eigenvalue weighted by atomic mass is 9.69. The third-order valence-electron chi connectivity index (χ3n) is 6.75. The Morgan fingerprint density at radius 2 is 2.00 bits per heavy atom. The Morgan fingerprint density at radius 1 is 1.28 bits per heavy atom. The number of fused-ring (bicyclic) bond motifs is 1. The number of nitrogens with zero attached hydrogens (tertiary/aromatic N) is 4. The molecule has 4 rings (SSSR count). The Hall–Kier alpha value is -2.68. The zero-order chi connectivity index (χ0) is 23.1. The predicted molar refractivity (Wildman–Crippen MR) is 120 cm³/mol. The molecule has 2 atom stereocenters. The van der Waals surface area contributed by atoms with Crippen LogP contribution in [0.2, 0.25) is 0 Å². The number of rotatable bonds is 5. The van der Waals surface area contributed by atoms with Crippen LogP contribution < -0.4 is 10.2 Å². The van der Waals surface area contributed by atoms with Gasteiger partial charge in [0.1, 0.15) is 17.1 Å². The summed E-state index contributed by atoms with van der Waals surface area (Å²) in [5.41, 5.74) is 0.626. The first-order valence-electron chi connectivity index (χ1n) is 11.5. The number of carbonyl (C=O) groups is 2. The minimum absolute atomic E-state index is 0.0380. The molecule has 2 aromatic heterocycles. The molecular weight excluding hydrogens is 410 g/mol. The first kappa shape index (κ1) is 22.5. The second kappa shape index (κ2) is 8.35. The number of carbonyl (C=O) groups excluding carboxylic acids is 1. The Balaban J connectivity index is 1.92. The van der Waals surface area contributed by atoms with Gasteiger partial charge >= 0.3 is 6.09 Å². The molecule has 4 heterocycles. The van der Waals surface area contributed by atoms with Crippen molar-refractivity contribution in [1.82, 2.24) is 19.9 Å². The predicted octanol–water partition coefficient (Wildman–Crippen LogP) is 3.61. The van der Waals surface area contributed by atoms with Gasteiger partial charge in [-0.1, -0.05) is 27.7 Å². The van der Waals surface area contributed by atoms with E-state index < -0.39 is 11.7 Å². The average Bonchev–Trinajstić information content (AvgIpc) is 3.41. The number of ketones is 1. The summed E-state index contributed by atoms with van der Waals surface area (Å²) in [5, 5.41) is 16.6. The van der Waals surface area contributed by atoms with Crippen LogP contribution in [0, 0.1) is 5.41 Å². The van der Waals surface area contributed by atoms with Crippen LogP contribution in [0.15, 0.2) is 12.1 Å². The first-order chi connectivity index (χ1) is 15.1. The molecule has 2 aliphatic rings. The Labute approximate surface area is 188 Å². The fourth-order valence-corrected chi connectivity index (χ4v) is 4.94. The highest BCUT2D eigenvalue weighted by molar-refractivity contribution is 5.95. The van der Waals surface area contributed by atoms with Gasteiger partial charge in [0.15, 0.2) is 11.4 Å². The van der Waals surface area contributed by atoms with Crippen molar-refractivity contribution in [3.63, 3.8) is 0 Å². The molecule has 1 amide bonds. The molecule has 2 aromatic rings. The van der Waals surface area contributed by atoms with Crippen molar-refractivity contribution in [2.75, 3.05) is 24.6 Å². The fraction of sp³-hybridized carbons (Fsp3) is 0.652. The van der Waals surface area contributed by atoms with E-state index in [0.29, 0.717) is 37.2 Å². The van der Waals surface area contributed by atoms with E-state index in [1.54, 1.807) is 10.6 Å². The van der Waals surface area contributed by atoms with E-state index in [1.807, 2.05) is 13.0 Å². The van der Waals surface area contributed by atoms with Crippen LogP contribution in [0.1, 0.15) is 76.0 Å². The Bertz CT molecular complexity index is 1020. The molecule has 0 bridgehead atoms. The Kier molecular flexibility index (Phi) is 5.87. The summed E-state index contributed by atoms with van der Waals surface area (Å²) < 4.78 is 8.26. The number of ether oxygens (including phenoxy) is 1. The van der Waals surface area contributed by atoms with E-state index in [4.69, 9.17) is 9.72 Å². The smallest absolute Gasteiger partial charge is 0.404 e. The summed E-state index contributed by atoms with van der Waals surface area (Å²) in [4.78, 5) is 30.9. The molecule has 9 heteroatoms. The summed E-state index contributed by atoms with van der Waals surface area (Å²) in [5.74, 6) is 0.810. The molecule has 9 nitrogen and oxygen atoms in total. The topological polar surface area (TPSA) is 109 Å². The highest BCUT2D eigenvalue weighted by Gasteiger charge is 2.50. The molecular formula is C23H33N5O4. The molecule has 2 fully saturated rings. The fourth-order valence-electron chi connectivity index (χ4n) is 4.94. The molecule has 174 valence electrons. The van der Waals surface area contributed by atoms with Gasteiger partial charge < -0.3 is 20.1 Å². The van der Waals surface area contributed by atoms with Crippen molar-refractivity contribution in [2.45, 2.75) is 71.4 Å². The minimum Gasteiger partial charge on any atom is -0.465 e. The zero-order valence-electron chi connectivity index (χ0n) is 19.3. The van der Waals surface area contributed by atoms with Crippen LogP contribution in [-0.2, 0) is 10.3 Å². The van der Waals surface area contributed by atoms with E-state index in [0.717, 1.165) is 37.4 Å². The number of anilines is 1. The van der Waals surface area contributed by atoms with Crippen LogP contribution in [-0.4, -0.2) is 57.3 Å². The normalized spacial score (nSPS) is 24.1. The first-order valence-corrected chi connectivity index (χ1v) is 11.5. The number of hydrogen-bond donors (Lipinski definition) is 2. The maximum Gasteiger partial charge on any atom is 0.404 e. The largest absolute Gasteiger partial charge is 0.465 e. The number of Topliss-reactive ketones (excluding diaryl/α,β-unsaturated/α-hetero) is 1. The molecule has 2 saturated heterocycles. The summed E-state index contributed by atoms with van der Waals surface area (Å²) in [6, 6.07) is 3.53. The lowest BCUT2D eigenvalue weighted by Gasteiger charge is -2.49. The van der Waals surface area contributed by atoms with Gasteiger partial charge in [0, 0.05) is 50.7 Å². The highest BCUT2D eigenvalue weighted by Crippen LogP contribution is 2.49. The van der Waals surface area contributed by atoms with Crippen molar-refractivity contribution < 1.29 is 19.4 Å². The molecule has 2 aliphatic heterocycles. The molecule has 32 heavy (non-hydrogen) atoms. The second-order valence-corrected chi connectivity index (χ2v) is 9.83. The van der Waals surface area contributed by atoms with E-state index in [9.17, 15) is 14.7 Å². The van der Waals surface area contributed by atoms with Gasteiger partial charge in [-0.15, -0.1) is 0 Å². The summed E-state index contributed by atoms with van der Waals surface area (Å²) in [6.45, 7) is 10.4. The number of hydrogen-bond acceptors (Lipinski definition) is 6. The molecule has 0 aromatic carbocycles. The van der Waals surface area contributed by atoms with Gasteiger partial charge in [0.2, 0.25) is 0 Å². The maximum atomic E-state index is 12.4. The van der Waals surface area contributed by atoms with Crippen molar-refractivity contribution in [2.24, 2.45) is 5.41 Å². The number of nitrogens with one attached hydrogen (secondary N) is 1. The third-order valence-corrected chi connectivity index (χ3v) is 6.75. The monoisotopic (exact) mass is 443 g/mol. The van der Waals surface area contributed by atoms with Gasteiger partial charge in [0.05, 0.1) is 5.69 Å². The summed E-state index contributed by atoms with van der Waals surface area (Å²) in [6.07, 6.45) is 2.64. The van der Waals surface area contributed by atoms with Crippen molar-refractivity contribution >= 4 is 23.3 Å². The molecule has 0 aliphatic carbocycles. The van der Waals surface area contributed by atoms with Crippen molar-refractivity contribution in [3.05, 3.63) is 23.5 Å². The Morgan fingerprint density at radius 3 is 2.62 bits per heavy atom. The van der Waals surface area contributed by atoms with E-state index in [2.05, 4.69) is 36.1 Å². The highest BCUT2D eigenvalue weighted by atomic mass is 16.5. The maximum absolute atomic E-state index is 12.4. The summed E-state index contributed by atoms with van der Waals surface area (Å²) >= 11 is 0. The number of aromatic nitrogens is 3. The zero-order valence-corrected chi connectivity index (χ0v) is 19.3. The van der Waals surface area contributed by atoms with E-state index in [-0.39, 0.29) is 17.2 Å². The number of amides is 1. The molecule has 2 N–H and O–H groups in total. The lowest BCUT2D eigenvalue weighted by molar-refractivity contribution is -0.161. The van der Waals surface area contributed by atoms with E-state index in [1.165, 1.54) is 0 Å². The SMILES string of the molecule is CCC(=O)c1cc2nc(N3CCCC3)cc(C3(C(C)(C)C)CC(NC(=O)O)CCO3)n2n1. The van der Waals surface area contributed by atoms with Crippen molar-refractivity contribution in [1.29, 1.82) is 0 Å². The van der Waals surface area contributed by atoms with E-state index >= 15 is 0 Å². The van der Waals surface area contributed by atoms with Gasteiger partial charge in [-0.2, -0.15) is 5.10 Å². The van der Waals surface area contributed by atoms with Crippen LogP contribution in [0.4, 0.5) is 10.6 Å². The van der Waals surface area contributed by atoms with Gasteiger partial charge in [-0.25, -0.2) is 14.3 Å². The van der Waals surface area contributed by atoms with Crippen LogP contribution in [0.3, 0.4) is 0 Å². The molecule has 0 radical (unpaired) electrons. The van der Waals surface area contributed by atoms with Gasteiger partial charge in [-0.05, 0) is 24.7 Å². The summed E-state index contributed by atoms with van der Waals surface area (Å²) in [7, 11) is 0. The number of carboxylic acid groups (broad SMARTS) is 1. The average molecular weight is 444 g/mol. The molecule has 2 unspecified atom stereocenters. The second-order valence-electron chi connectivity index (χ2n) is 9.83. The molecule has 0 spiro atoms. The van der Waals surface area contributed by atoms with Crippen LogP contribution >= 0.6 is 0 Å². The lowest BCUT2D eigenvalue weighted by Crippen LogP contribution is -2.53. The quantitative estimate of drug-likeness (QED) is 0.680. The van der Waals surface area contributed by atoms with Gasteiger partial charge in [0.25, 0.3) is 0 Å². The minimum atomic E-state index is -1.03. The third kappa shape index (κ3) is 3.94. The van der Waals surface area contributed by atoms with Crippen molar-refractivity contribution in [3.8, 4) is 0 Å². The van der Waals surface area contributed by atoms with Crippen LogP contribution in [0.5, 0.6) is 0 Å². The standard InChI is InChI=1S/C23H33N5O4/c1-5-17(29)16-12-20-25-19(27-9-6-7-10-27)13-18(28(20)26-16)23(22(2,3)4)14-15(8-11-32-23)24-21(30)31/h12-13,15,24H,5-11,14H2,1-4H3,(H,30,31). The van der Waals surface area contributed by atoms with Gasteiger partial charge in [-0.3, -0.25) is 4.79 Å². The molecule has 0 saturated carbocycles. The van der Waals surface area contributed by atoms with Crippen LogP contribution in [0.25, 0.3) is 5.65 Å².